The fourth-order valence-electron chi connectivity index (χ4n) is 2.15. The predicted octanol–water partition coefficient (Wildman–Crippen LogP) is -2.00. The van der Waals surface area contributed by atoms with Gasteiger partial charge >= 0.3 is 5.97 Å². The van der Waals surface area contributed by atoms with E-state index in [0.29, 0.717) is 31.6 Å². The van der Waals surface area contributed by atoms with Gasteiger partial charge in [-0.25, -0.2) is 9.79 Å². The van der Waals surface area contributed by atoms with Gasteiger partial charge in [-0.3, -0.25) is 14.6 Å². The van der Waals surface area contributed by atoms with Crippen LogP contribution in [0.5, 0.6) is 0 Å². The first-order valence-corrected chi connectivity index (χ1v) is 7.74. The molecule has 24 heavy (non-hydrogen) atoms. The van der Waals surface area contributed by atoms with E-state index in [-0.39, 0.29) is 19.4 Å². The normalized spacial score (nSPS) is 15.5. The summed E-state index contributed by atoms with van der Waals surface area (Å²) in [7, 11) is 0. The predicted molar refractivity (Wildman–Crippen MR) is 88.9 cm³/mol. The van der Waals surface area contributed by atoms with Crippen molar-refractivity contribution in [1.29, 1.82) is 0 Å². The Bertz CT molecular complexity index is 519. The van der Waals surface area contributed by atoms with Gasteiger partial charge in [-0.1, -0.05) is 0 Å². The molecule has 10 nitrogen and oxygen atoms in total. The van der Waals surface area contributed by atoms with E-state index in [1.807, 2.05) is 0 Å². The van der Waals surface area contributed by atoms with Gasteiger partial charge in [-0.15, -0.1) is 0 Å². The zero-order valence-corrected chi connectivity index (χ0v) is 13.4. The van der Waals surface area contributed by atoms with E-state index < -0.39 is 29.9 Å². The van der Waals surface area contributed by atoms with Crippen LogP contribution in [0.25, 0.3) is 0 Å². The van der Waals surface area contributed by atoms with Crippen molar-refractivity contribution >= 4 is 29.8 Å². The van der Waals surface area contributed by atoms with E-state index >= 15 is 0 Å². The number of carbonyl (C=O) groups excluding carboxylic acids is 2. The van der Waals surface area contributed by atoms with Crippen LogP contribution in [0.15, 0.2) is 9.98 Å². The third kappa shape index (κ3) is 6.84. The van der Waals surface area contributed by atoms with Crippen LogP contribution in [-0.4, -0.2) is 66.7 Å². The van der Waals surface area contributed by atoms with Gasteiger partial charge in [0.15, 0.2) is 0 Å². The third-order valence-electron chi connectivity index (χ3n) is 3.43. The van der Waals surface area contributed by atoms with Crippen molar-refractivity contribution in [3.63, 3.8) is 0 Å². The maximum Gasteiger partial charge on any atom is 0.326 e. The summed E-state index contributed by atoms with van der Waals surface area (Å²) in [6, 6.07) is -1.99. The quantitative estimate of drug-likeness (QED) is 0.272. The highest BCUT2D eigenvalue weighted by molar-refractivity contribution is 6.01. The highest BCUT2D eigenvalue weighted by Gasteiger charge is 2.27. The Morgan fingerprint density at radius 3 is 2.50 bits per heavy atom. The summed E-state index contributed by atoms with van der Waals surface area (Å²) in [5.41, 5.74) is 11.3. The lowest BCUT2D eigenvalue weighted by atomic mass is 10.1. The van der Waals surface area contributed by atoms with E-state index in [1.54, 1.807) is 0 Å². The summed E-state index contributed by atoms with van der Waals surface area (Å²) in [6.45, 7) is 0.530. The molecule has 1 aliphatic heterocycles. The third-order valence-corrected chi connectivity index (χ3v) is 3.43. The van der Waals surface area contributed by atoms with Crippen molar-refractivity contribution in [3.05, 3.63) is 0 Å². The van der Waals surface area contributed by atoms with Crippen LogP contribution in [0.1, 0.15) is 25.7 Å². The summed E-state index contributed by atoms with van der Waals surface area (Å²) in [5, 5.41) is 14.1. The van der Waals surface area contributed by atoms with E-state index in [4.69, 9.17) is 11.5 Å². The van der Waals surface area contributed by atoms with Crippen molar-refractivity contribution in [1.82, 2.24) is 10.6 Å². The van der Waals surface area contributed by atoms with Gasteiger partial charge in [-0.05, 0) is 25.8 Å². The van der Waals surface area contributed by atoms with Crippen LogP contribution >= 0.6 is 0 Å². The SMILES string of the molecule is NCCCC[C@H](NC(=O)[C@H](CC1=NC=NC1)NC(=O)CN)C(=O)O. The highest BCUT2D eigenvalue weighted by atomic mass is 16.4. The summed E-state index contributed by atoms with van der Waals surface area (Å²) in [6.07, 6.45) is 3.03. The number of nitrogens with one attached hydrogen (secondary N) is 2. The van der Waals surface area contributed by atoms with Crippen molar-refractivity contribution < 1.29 is 19.5 Å². The minimum absolute atomic E-state index is 0.146. The number of rotatable bonds is 11. The number of aliphatic imine (C=N–C) groups is 2. The average Bonchev–Trinajstić information content (AvgIpc) is 3.06. The zero-order valence-electron chi connectivity index (χ0n) is 13.4. The van der Waals surface area contributed by atoms with Gasteiger partial charge in [0.25, 0.3) is 0 Å². The van der Waals surface area contributed by atoms with Crippen LogP contribution in [0.4, 0.5) is 0 Å². The molecule has 0 saturated carbocycles. The second-order valence-corrected chi connectivity index (χ2v) is 5.36. The number of nitrogens with two attached hydrogens (primary N) is 2. The number of carbonyl (C=O) groups is 3. The van der Waals surface area contributed by atoms with Gasteiger partial charge in [0.1, 0.15) is 18.4 Å². The monoisotopic (exact) mass is 340 g/mol. The van der Waals surface area contributed by atoms with E-state index in [0.717, 1.165) is 0 Å². The molecule has 0 unspecified atom stereocenters. The number of nitrogens with zero attached hydrogens (tertiary/aromatic N) is 2. The topological polar surface area (TPSA) is 172 Å². The fourth-order valence-corrected chi connectivity index (χ4v) is 2.15. The van der Waals surface area contributed by atoms with Crippen LogP contribution < -0.4 is 22.1 Å². The van der Waals surface area contributed by atoms with Crippen molar-refractivity contribution in [2.75, 3.05) is 19.6 Å². The summed E-state index contributed by atoms with van der Waals surface area (Å²) in [4.78, 5) is 43.1. The summed E-state index contributed by atoms with van der Waals surface area (Å²) < 4.78 is 0. The molecule has 1 rings (SSSR count). The molecule has 1 heterocycles. The zero-order chi connectivity index (χ0) is 17.9. The second-order valence-electron chi connectivity index (χ2n) is 5.36. The first kappa shape index (κ1) is 19.7. The molecule has 0 aromatic rings. The molecule has 0 aromatic heterocycles. The van der Waals surface area contributed by atoms with Crippen LogP contribution in [0, 0.1) is 0 Å². The Kier molecular flexibility index (Phi) is 8.58. The maximum absolute atomic E-state index is 12.4. The van der Waals surface area contributed by atoms with E-state index in [1.165, 1.54) is 6.34 Å². The van der Waals surface area contributed by atoms with Gasteiger partial charge in [0.05, 0.1) is 13.1 Å². The molecule has 10 heteroatoms. The lowest BCUT2D eigenvalue weighted by Gasteiger charge is -2.21. The number of carboxylic acids is 1. The average molecular weight is 340 g/mol. The molecule has 134 valence electrons. The molecule has 2 amide bonds. The molecule has 0 aliphatic carbocycles. The largest absolute Gasteiger partial charge is 0.480 e. The van der Waals surface area contributed by atoms with Gasteiger partial charge in [0.2, 0.25) is 11.8 Å². The smallest absolute Gasteiger partial charge is 0.326 e. The Labute approximate surface area is 139 Å². The molecular weight excluding hydrogens is 316 g/mol. The lowest BCUT2D eigenvalue weighted by Crippen LogP contribution is -2.53. The number of carboxylic acid groups (broad SMARTS) is 1. The van der Waals surface area contributed by atoms with Crippen LogP contribution in [0.2, 0.25) is 0 Å². The molecule has 7 N–H and O–H groups in total. The first-order chi connectivity index (χ1) is 11.5. The lowest BCUT2D eigenvalue weighted by molar-refractivity contribution is -0.142. The van der Waals surface area contributed by atoms with E-state index in [2.05, 4.69) is 20.6 Å². The Balaban J connectivity index is 2.69. The maximum atomic E-state index is 12.4. The minimum Gasteiger partial charge on any atom is -0.480 e. The molecular formula is C14H24N6O4. The van der Waals surface area contributed by atoms with Crippen molar-refractivity contribution in [2.24, 2.45) is 21.5 Å². The molecule has 0 aromatic carbocycles. The Morgan fingerprint density at radius 1 is 1.21 bits per heavy atom. The Hall–Kier alpha value is -2.33. The molecule has 0 saturated heterocycles. The fraction of sp³-hybridized carbons (Fsp3) is 0.643. The van der Waals surface area contributed by atoms with Crippen molar-refractivity contribution in [3.8, 4) is 0 Å². The van der Waals surface area contributed by atoms with Gasteiger partial charge < -0.3 is 27.2 Å². The van der Waals surface area contributed by atoms with Gasteiger partial charge in [0, 0.05) is 12.1 Å². The molecule has 0 bridgehead atoms. The molecule has 0 radical (unpaired) electrons. The standard InChI is InChI=1S/C14H24N6O4/c15-4-2-1-3-10(14(23)24)20-13(22)11(19-12(21)6-16)5-9-7-17-8-18-9/h8,10-11H,1-7,15-16H2,(H,19,21)(H,20,22)(H,23,24)/t10-,11-/m0/s1. The molecule has 1 aliphatic rings. The molecule has 0 fully saturated rings. The molecule has 2 atom stereocenters. The number of unbranched alkanes of at least 4 members (excludes halogenated alkanes) is 1. The number of amides is 2. The van der Waals surface area contributed by atoms with E-state index in [9.17, 15) is 19.5 Å². The van der Waals surface area contributed by atoms with Crippen LogP contribution in [0.3, 0.4) is 0 Å². The Morgan fingerprint density at radius 2 is 1.96 bits per heavy atom. The minimum atomic E-state index is -1.13. The summed E-state index contributed by atoms with van der Waals surface area (Å²) in [5.74, 6) is -2.23. The van der Waals surface area contributed by atoms with Gasteiger partial charge in [-0.2, -0.15) is 0 Å². The number of hydrogen-bond donors (Lipinski definition) is 5. The number of hydrogen-bond acceptors (Lipinski definition) is 7. The second kappa shape index (κ2) is 10.4. The van der Waals surface area contributed by atoms with Crippen LogP contribution in [-0.2, 0) is 14.4 Å². The highest BCUT2D eigenvalue weighted by Crippen LogP contribution is 2.05. The number of aliphatic carboxylic acids is 1. The summed E-state index contributed by atoms with van der Waals surface area (Å²) >= 11 is 0. The first-order valence-electron chi connectivity index (χ1n) is 7.74. The van der Waals surface area contributed by atoms with Crippen molar-refractivity contribution in [2.45, 2.75) is 37.8 Å². The molecule has 0 spiro atoms.